The van der Waals surface area contributed by atoms with Gasteiger partial charge < -0.3 is 14.6 Å². The highest BCUT2D eigenvalue weighted by Gasteiger charge is 2.48. The number of halogens is 3. The molecule has 0 radical (unpaired) electrons. The number of rotatable bonds is 7. The lowest BCUT2D eigenvalue weighted by molar-refractivity contribution is -0.135. The maximum absolute atomic E-state index is 13.6. The number of thiophene rings is 1. The Morgan fingerprint density at radius 2 is 2.22 bits per heavy atom. The molecule has 2 atom stereocenters. The minimum Gasteiger partial charge on any atom is -0.392 e. The predicted octanol–water partition coefficient (Wildman–Crippen LogP) is 3.94. The molecule has 0 saturated carbocycles. The van der Waals surface area contributed by atoms with E-state index in [1.807, 2.05) is 17.1 Å². The number of aryl methyl sites for hydroxylation is 1. The number of hydrogen-bond donors (Lipinski definition) is 1. The number of aliphatic hydroxyl groups excluding tert-OH is 1. The number of fused-ring (bicyclic) bond motifs is 2. The van der Waals surface area contributed by atoms with Gasteiger partial charge in [-0.2, -0.15) is 18.3 Å². The molecule has 1 N–H and O–H groups in total. The van der Waals surface area contributed by atoms with Crippen LogP contribution in [0.3, 0.4) is 0 Å². The van der Waals surface area contributed by atoms with Crippen LogP contribution in [-0.2, 0) is 47.4 Å². The summed E-state index contributed by atoms with van der Waals surface area (Å²) in [5.74, 6) is 0. The summed E-state index contributed by atoms with van der Waals surface area (Å²) < 4.78 is 54.0. The zero-order chi connectivity index (χ0) is 22.9. The van der Waals surface area contributed by atoms with Crippen LogP contribution in [0, 0.1) is 0 Å². The van der Waals surface area contributed by atoms with Crippen molar-refractivity contribution in [3.05, 3.63) is 38.8 Å². The largest absolute Gasteiger partial charge is 0.425 e. The third-order valence-corrected chi connectivity index (χ3v) is 8.04. The fourth-order valence-electron chi connectivity index (χ4n) is 4.98. The normalized spacial score (nSPS) is 24.2. The fourth-order valence-corrected chi connectivity index (χ4v) is 6.39. The minimum absolute atomic E-state index is 0.0381. The second-order valence-corrected chi connectivity index (χ2v) is 9.72. The van der Waals surface area contributed by atoms with E-state index >= 15 is 0 Å². The lowest BCUT2D eigenvalue weighted by atomic mass is 9.81. The summed E-state index contributed by atoms with van der Waals surface area (Å²) in [6, 6.07) is 0.139. The number of methoxy groups -OCH3 is 1. The van der Waals surface area contributed by atoms with Gasteiger partial charge in [0, 0.05) is 61.6 Å². The van der Waals surface area contributed by atoms with Gasteiger partial charge >= 0.3 is 6.18 Å². The van der Waals surface area contributed by atoms with Crippen LogP contribution in [-0.4, -0.2) is 52.7 Å². The van der Waals surface area contributed by atoms with Crippen molar-refractivity contribution >= 4 is 11.3 Å². The molecule has 2 aromatic rings. The number of hydrogen-bond acceptors (Lipinski definition) is 6. The Morgan fingerprint density at radius 3 is 2.91 bits per heavy atom. The second-order valence-electron chi connectivity index (χ2n) is 8.70. The van der Waals surface area contributed by atoms with E-state index in [1.165, 1.54) is 0 Å². The van der Waals surface area contributed by atoms with Crippen molar-refractivity contribution in [2.75, 3.05) is 26.9 Å². The van der Waals surface area contributed by atoms with E-state index in [0.29, 0.717) is 42.9 Å². The van der Waals surface area contributed by atoms with Crippen molar-refractivity contribution < 1.29 is 27.8 Å². The molecule has 1 fully saturated rings. The van der Waals surface area contributed by atoms with E-state index in [1.54, 1.807) is 7.11 Å². The smallest absolute Gasteiger partial charge is 0.392 e. The number of likely N-dealkylation sites (tertiary alicyclic amines) is 1. The fraction of sp³-hybridized carbons (Fsp3) is 0.682. The highest BCUT2D eigenvalue weighted by Crippen LogP contribution is 2.51. The number of aromatic nitrogens is 2. The Hall–Kier alpha value is -1.46. The zero-order valence-electron chi connectivity index (χ0n) is 18.5. The third kappa shape index (κ3) is 4.61. The summed E-state index contributed by atoms with van der Waals surface area (Å²) in [7, 11) is 1.68. The van der Waals surface area contributed by atoms with Crippen LogP contribution in [0.4, 0.5) is 13.2 Å². The van der Waals surface area contributed by atoms with Crippen molar-refractivity contribution in [2.45, 2.75) is 70.1 Å². The van der Waals surface area contributed by atoms with Crippen molar-refractivity contribution in [2.24, 2.45) is 0 Å². The van der Waals surface area contributed by atoms with Crippen LogP contribution in [0.1, 0.15) is 52.6 Å². The van der Waals surface area contributed by atoms with Crippen LogP contribution < -0.4 is 0 Å². The highest BCUT2D eigenvalue weighted by molar-refractivity contribution is 7.12. The van der Waals surface area contributed by atoms with E-state index in [4.69, 9.17) is 9.47 Å². The minimum atomic E-state index is -4.46. The molecule has 1 spiro atoms. The first-order chi connectivity index (χ1) is 15.3. The van der Waals surface area contributed by atoms with Gasteiger partial charge in [0.05, 0.1) is 19.4 Å². The van der Waals surface area contributed by atoms with Crippen LogP contribution in [0.15, 0.2) is 12.4 Å². The van der Waals surface area contributed by atoms with Crippen molar-refractivity contribution in [1.29, 1.82) is 0 Å². The standard InChI is InChI=1S/C22H30F3N3O3S/c1-15-10-21(5-7-27(15)12-16-11-26-28(13-16)6-3-8-30-2)19-17(4-9-31-21)18(14-29)20(32-19)22(23,24)25/h11,13,15,29H,3-10,12,14H2,1-2H3/t15-,21+/m0/s1. The van der Waals surface area contributed by atoms with Gasteiger partial charge in [0.1, 0.15) is 10.5 Å². The summed E-state index contributed by atoms with van der Waals surface area (Å²) in [5, 5.41) is 14.1. The average molecular weight is 474 g/mol. The quantitative estimate of drug-likeness (QED) is 0.618. The molecule has 0 aromatic carbocycles. The van der Waals surface area contributed by atoms with Crippen molar-refractivity contribution in [1.82, 2.24) is 14.7 Å². The lowest BCUT2D eigenvalue weighted by Crippen LogP contribution is -2.50. The van der Waals surface area contributed by atoms with E-state index in [9.17, 15) is 18.3 Å². The molecule has 6 nitrogen and oxygen atoms in total. The molecule has 0 bridgehead atoms. The Bertz CT molecular complexity index is 929. The Kier molecular flexibility index (Phi) is 6.97. The van der Waals surface area contributed by atoms with E-state index in [-0.39, 0.29) is 11.6 Å². The topological polar surface area (TPSA) is 59.8 Å². The summed E-state index contributed by atoms with van der Waals surface area (Å²) in [6.07, 6.45) is 2.04. The van der Waals surface area contributed by atoms with E-state index < -0.39 is 23.3 Å². The van der Waals surface area contributed by atoms with Gasteiger partial charge in [-0.05, 0) is 38.2 Å². The van der Waals surface area contributed by atoms with Crippen LogP contribution in [0.2, 0.25) is 0 Å². The number of alkyl halides is 3. The summed E-state index contributed by atoms with van der Waals surface area (Å²) in [6.45, 7) is 4.86. The van der Waals surface area contributed by atoms with Gasteiger partial charge in [-0.1, -0.05) is 0 Å². The SMILES string of the molecule is COCCCn1cc(CN2CC[C@]3(C[C@@H]2C)OCCc2c3sc(C(F)(F)F)c2CO)cn1. The number of aliphatic hydroxyl groups is 1. The molecule has 178 valence electrons. The average Bonchev–Trinajstić information content (AvgIpc) is 3.35. The van der Waals surface area contributed by atoms with Gasteiger partial charge in [-0.3, -0.25) is 9.58 Å². The van der Waals surface area contributed by atoms with E-state index in [0.717, 1.165) is 43.0 Å². The predicted molar refractivity (Wildman–Crippen MR) is 114 cm³/mol. The highest BCUT2D eigenvalue weighted by atomic mass is 32.1. The maximum atomic E-state index is 13.6. The third-order valence-electron chi connectivity index (χ3n) is 6.54. The molecule has 0 unspecified atom stereocenters. The molecular formula is C22H30F3N3O3S. The Balaban J connectivity index is 1.49. The molecule has 0 amide bonds. The molecule has 10 heteroatoms. The van der Waals surface area contributed by atoms with Crippen molar-refractivity contribution in [3.8, 4) is 0 Å². The van der Waals surface area contributed by atoms with Crippen molar-refractivity contribution in [3.63, 3.8) is 0 Å². The van der Waals surface area contributed by atoms with Crippen LogP contribution >= 0.6 is 11.3 Å². The lowest BCUT2D eigenvalue weighted by Gasteiger charge is -2.47. The summed E-state index contributed by atoms with van der Waals surface area (Å²) >= 11 is 0.767. The molecule has 2 aliphatic heterocycles. The molecule has 2 aromatic heterocycles. The van der Waals surface area contributed by atoms with E-state index in [2.05, 4.69) is 16.9 Å². The number of nitrogens with zero attached hydrogens (tertiary/aromatic N) is 3. The Labute approximate surface area is 189 Å². The number of piperidine rings is 1. The van der Waals surface area contributed by atoms with Gasteiger partial charge in [-0.25, -0.2) is 0 Å². The number of ether oxygens (including phenoxy) is 2. The first kappa shape index (κ1) is 23.7. The van der Waals surface area contributed by atoms with Gasteiger partial charge in [-0.15, -0.1) is 11.3 Å². The summed E-state index contributed by atoms with van der Waals surface area (Å²) in [4.78, 5) is 2.33. The van der Waals surface area contributed by atoms with Crippen LogP contribution in [0.5, 0.6) is 0 Å². The molecule has 32 heavy (non-hydrogen) atoms. The second kappa shape index (κ2) is 9.42. The molecule has 2 aliphatic rings. The summed E-state index contributed by atoms with van der Waals surface area (Å²) in [5.41, 5.74) is 1.10. The van der Waals surface area contributed by atoms with Gasteiger partial charge in [0.2, 0.25) is 0 Å². The van der Waals surface area contributed by atoms with Gasteiger partial charge in [0.25, 0.3) is 0 Å². The molecule has 4 rings (SSSR count). The monoisotopic (exact) mass is 473 g/mol. The molecular weight excluding hydrogens is 443 g/mol. The zero-order valence-corrected chi connectivity index (χ0v) is 19.3. The Morgan fingerprint density at radius 1 is 1.41 bits per heavy atom. The maximum Gasteiger partial charge on any atom is 0.425 e. The first-order valence-electron chi connectivity index (χ1n) is 11.0. The molecule has 1 saturated heterocycles. The van der Waals surface area contributed by atoms with Gasteiger partial charge in [0.15, 0.2) is 0 Å². The first-order valence-corrected chi connectivity index (χ1v) is 11.8. The molecule has 0 aliphatic carbocycles. The van der Waals surface area contributed by atoms with Crippen LogP contribution in [0.25, 0.3) is 0 Å². The molecule has 4 heterocycles.